The summed E-state index contributed by atoms with van der Waals surface area (Å²) in [7, 11) is 0. The molecule has 20 heavy (non-hydrogen) atoms. The van der Waals surface area contributed by atoms with E-state index >= 15 is 0 Å². The van der Waals surface area contributed by atoms with Gasteiger partial charge in [0, 0.05) is 11.1 Å². The predicted octanol–water partition coefficient (Wildman–Crippen LogP) is 3.47. The number of para-hydroxylation sites is 1. The van der Waals surface area contributed by atoms with Crippen molar-refractivity contribution in [3.63, 3.8) is 0 Å². The second-order valence-corrected chi connectivity index (χ2v) is 4.96. The second kappa shape index (κ2) is 6.54. The van der Waals surface area contributed by atoms with Crippen molar-refractivity contribution in [2.24, 2.45) is 0 Å². The third-order valence-corrected chi connectivity index (χ3v) is 3.42. The third kappa shape index (κ3) is 3.18. The lowest BCUT2D eigenvalue weighted by Gasteiger charge is -2.13. The van der Waals surface area contributed by atoms with E-state index in [2.05, 4.69) is 15.9 Å². The third-order valence-electron chi connectivity index (χ3n) is 2.76. The first-order valence-corrected chi connectivity index (χ1v) is 6.81. The Hall–Kier alpha value is -1.85. The molecule has 2 aromatic carbocycles. The maximum absolute atomic E-state index is 11.3. The Morgan fingerprint density at radius 2 is 1.80 bits per heavy atom. The van der Waals surface area contributed by atoms with E-state index in [0.717, 1.165) is 5.56 Å². The Labute approximate surface area is 124 Å². The fourth-order valence-corrected chi connectivity index (χ4v) is 2.36. The van der Waals surface area contributed by atoms with Gasteiger partial charge in [-0.2, -0.15) is 0 Å². The van der Waals surface area contributed by atoms with Gasteiger partial charge < -0.3 is 14.9 Å². The van der Waals surface area contributed by atoms with Crippen molar-refractivity contribution in [2.75, 3.05) is 6.61 Å². The summed E-state index contributed by atoms with van der Waals surface area (Å²) in [6.07, 6.45) is 0.451. The molecule has 4 nitrogen and oxygen atoms in total. The number of aliphatic hydroxyl groups is 1. The van der Waals surface area contributed by atoms with E-state index in [1.807, 2.05) is 12.1 Å². The second-order valence-electron chi connectivity index (χ2n) is 4.10. The number of hydrogen-bond donors (Lipinski definition) is 2. The molecule has 0 radical (unpaired) electrons. The van der Waals surface area contributed by atoms with Gasteiger partial charge in [-0.25, -0.2) is 4.79 Å². The van der Waals surface area contributed by atoms with E-state index in [9.17, 15) is 9.90 Å². The van der Waals surface area contributed by atoms with Crippen molar-refractivity contribution < 1.29 is 19.7 Å². The standard InChI is InChI=1S/C15H13BrO4/c16-11-5-3-7-13(14(11)15(18)19)20-12-6-2-1-4-10(12)8-9-17/h1-7,17H,8-9H2,(H,18,19). The average molecular weight is 337 g/mol. The number of aliphatic hydroxyl groups excluding tert-OH is 1. The van der Waals surface area contributed by atoms with E-state index in [0.29, 0.717) is 16.6 Å². The number of benzene rings is 2. The zero-order chi connectivity index (χ0) is 14.5. The molecule has 0 saturated carbocycles. The molecule has 2 aromatic rings. The van der Waals surface area contributed by atoms with Crippen LogP contribution in [0.3, 0.4) is 0 Å². The van der Waals surface area contributed by atoms with Crippen LogP contribution in [0, 0.1) is 0 Å². The number of halogens is 1. The van der Waals surface area contributed by atoms with Gasteiger partial charge in [-0.1, -0.05) is 24.3 Å². The summed E-state index contributed by atoms with van der Waals surface area (Å²) in [6.45, 7) is 0.00461. The van der Waals surface area contributed by atoms with Crippen molar-refractivity contribution in [3.8, 4) is 11.5 Å². The first kappa shape index (κ1) is 14.6. The number of aromatic carboxylic acids is 1. The van der Waals surface area contributed by atoms with Gasteiger partial charge in [0.15, 0.2) is 0 Å². The molecule has 0 bridgehead atoms. The van der Waals surface area contributed by atoms with E-state index in [4.69, 9.17) is 9.84 Å². The Kier molecular flexibility index (Phi) is 4.76. The zero-order valence-corrected chi connectivity index (χ0v) is 12.1. The largest absolute Gasteiger partial charge is 0.478 e. The van der Waals surface area contributed by atoms with Gasteiger partial charge in [-0.05, 0) is 46.1 Å². The predicted molar refractivity (Wildman–Crippen MR) is 78.4 cm³/mol. The van der Waals surface area contributed by atoms with E-state index in [1.165, 1.54) is 0 Å². The molecule has 0 aliphatic carbocycles. The fraction of sp³-hybridized carbons (Fsp3) is 0.133. The SMILES string of the molecule is O=C(O)c1c(Br)cccc1Oc1ccccc1CCO. The molecule has 0 aromatic heterocycles. The van der Waals surface area contributed by atoms with Gasteiger partial charge in [-0.3, -0.25) is 0 Å². The smallest absolute Gasteiger partial charge is 0.340 e. The van der Waals surface area contributed by atoms with E-state index in [-0.39, 0.29) is 17.9 Å². The summed E-state index contributed by atoms with van der Waals surface area (Å²) in [5.74, 6) is -0.258. The molecule has 104 valence electrons. The zero-order valence-electron chi connectivity index (χ0n) is 10.5. The highest BCUT2D eigenvalue weighted by atomic mass is 79.9. The lowest BCUT2D eigenvalue weighted by molar-refractivity contribution is 0.0693. The van der Waals surface area contributed by atoms with Gasteiger partial charge in [0.05, 0.1) is 0 Å². The number of carbonyl (C=O) groups is 1. The maximum atomic E-state index is 11.3. The van der Waals surface area contributed by atoms with E-state index < -0.39 is 5.97 Å². The van der Waals surface area contributed by atoms with Crippen molar-refractivity contribution in [1.29, 1.82) is 0 Å². The molecule has 2 N–H and O–H groups in total. The molecule has 0 aliphatic rings. The average Bonchev–Trinajstić information content (AvgIpc) is 2.41. The number of ether oxygens (including phenoxy) is 1. The van der Waals surface area contributed by atoms with Gasteiger partial charge in [0.1, 0.15) is 17.1 Å². The van der Waals surface area contributed by atoms with Crippen LogP contribution in [0.5, 0.6) is 11.5 Å². The molecule has 0 atom stereocenters. The van der Waals surface area contributed by atoms with Crippen molar-refractivity contribution >= 4 is 21.9 Å². The molecule has 0 amide bonds. The Bertz CT molecular complexity index is 625. The normalized spacial score (nSPS) is 10.3. The Morgan fingerprint density at radius 1 is 1.10 bits per heavy atom. The quantitative estimate of drug-likeness (QED) is 0.877. The van der Waals surface area contributed by atoms with Crippen LogP contribution in [0.15, 0.2) is 46.9 Å². The summed E-state index contributed by atoms with van der Waals surface area (Å²) in [6, 6.07) is 12.2. The summed E-state index contributed by atoms with van der Waals surface area (Å²) in [4.78, 5) is 11.3. The minimum absolute atomic E-state index is 0.00461. The molecule has 0 spiro atoms. The van der Waals surface area contributed by atoms with Crippen LogP contribution in [-0.2, 0) is 6.42 Å². The van der Waals surface area contributed by atoms with Crippen LogP contribution >= 0.6 is 15.9 Å². The van der Waals surface area contributed by atoms with Crippen molar-refractivity contribution in [2.45, 2.75) is 6.42 Å². The number of carboxylic acids is 1. The van der Waals surface area contributed by atoms with Gasteiger partial charge in [0.2, 0.25) is 0 Å². The van der Waals surface area contributed by atoms with Crippen molar-refractivity contribution in [1.82, 2.24) is 0 Å². The fourth-order valence-electron chi connectivity index (χ4n) is 1.85. The molecule has 0 fully saturated rings. The van der Waals surface area contributed by atoms with Crippen LogP contribution in [0.4, 0.5) is 0 Å². The Balaban J connectivity index is 2.40. The number of carboxylic acid groups (broad SMARTS) is 1. The van der Waals surface area contributed by atoms with Crippen LogP contribution in [-0.4, -0.2) is 22.8 Å². The van der Waals surface area contributed by atoms with Gasteiger partial charge >= 0.3 is 5.97 Å². The molecular weight excluding hydrogens is 324 g/mol. The minimum atomic E-state index is -1.06. The molecule has 0 saturated heterocycles. The number of rotatable bonds is 5. The molecular formula is C15H13BrO4. The van der Waals surface area contributed by atoms with Crippen molar-refractivity contribution in [3.05, 3.63) is 58.1 Å². The molecule has 0 heterocycles. The first-order valence-electron chi connectivity index (χ1n) is 6.02. The minimum Gasteiger partial charge on any atom is -0.478 e. The molecule has 2 rings (SSSR count). The highest BCUT2D eigenvalue weighted by molar-refractivity contribution is 9.10. The van der Waals surface area contributed by atoms with E-state index in [1.54, 1.807) is 30.3 Å². The molecule has 0 unspecified atom stereocenters. The maximum Gasteiger partial charge on any atom is 0.340 e. The lowest BCUT2D eigenvalue weighted by Crippen LogP contribution is -2.02. The monoisotopic (exact) mass is 336 g/mol. The summed E-state index contributed by atoms with van der Waals surface area (Å²) < 4.78 is 6.17. The summed E-state index contributed by atoms with van der Waals surface area (Å²) in [5.41, 5.74) is 0.901. The van der Waals surface area contributed by atoms with Crippen LogP contribution < -0.4 is 4.74 Å². The lowest BCUT2D eigenvalue weighted by atomic mass is 10.1. The highest BCUT2D eigenvalue weighted by Crippen LogP contribution is 2.32. The van der Waals surface area contributed by atoms with Gasteiger partial charge in [0.25, 0.3) is 0 Å². The summed E-state index contributed by atoms with van der Waals surface area (Å²) >= 11 is 3.21. The first-order chi connectivity index (χ1) is 9.63. The van der Waals surface area contributed by atoms with Crippen LogP contribution in [0.1, 0.15) is 15.9 Å². The number of hydrogen-bond acceptors (Lipinski definition) is 3. The summed E-state index contributed by atoms with van der Waals surface area (Å²) in [5, 5.41) is 18.3. The van der Waals surface area contributed by atoms with Gasteiger partial charge in [-0.15, -0.1) is 0 Å². The van der Waals surface area contributed by atoms with Crippen LogP contribution in [0.25, 0.3) is 0 Å². The molecule has 5 heteroatoms. The van der Waals surface area contributed by atoms with Crippen LogP contribution in [0.2, 0.25) is 0 Å². The molecule has 0 aliphatic heterocycles. The highest BCUT2D eigenvalue weighted by Gasteiger charge is 2.16. The Morgan fingerprint density at radius 3 is 2.50 bits per heavy atom. The topological polar surface area (TPSA) is 66.8 Å².